The molecule has 1 aromatic carbocycles. The highest BCUT2D eigenvalue weighted by Gasteiger charge is 2.40. The van der Waals surface area contributed by atoms with Gasteiger partial charge in [-0.15, -0.1) is 0 Å². The lowest BCUT2D eigenvalue weighted by Gasteiger charge is -2.14. The molecule has 1 amide bonds. The third-order valence-electron chi connectivity index (χ3n) is 3.01. The van der Waals surface area contributed by atoms with E-state index in [1.807, 2.05) is 6.92 Å². The maximum Gasteiger partial charge on any atom is 0.434 e. The van der Waals surface area contributed by atoms with Crippen LogP contribution in [0.15, 0.2) is 30.5 Å². The number of amides is 1. The maximum atomic E-state index is 13.3. The number of halogens is 3. The number of benzene rings is 1. The lowest BCUT2D eigenvalue weighted by atomic mass is 10.1. The Hall–Kier alpha value is -2.35. The number of carbonyl (C=O) groups excluding carboxylic acids is 1. The van der Waals surface area contributed by atoms with E-state index in [-0.39, 0.29) is 5.69 Å². The van der Waals surface area contributed by atoms with Gasteiger partial charge in [0.15, 0.2) is 5.69 Å². The SMILES string of the molecule is CCc1ccccc1-n1ncc(C(=O)NN)c1C(F)(F)F. The quantitative estimate of drug-likeness (QED) is 0.517. The number of hydrogen-bond donors (Lipinski definition) is 2. The van der Waals surface area contributed by atoms with Crippen LogP contribution in [0, 0.1) is 0 Å². The summed E-state index contributed by atoms with van der Waals surface area (Å²) in [5, 5.41) is 3.71. The van der Waals surface area contributed by atoms with Crippen molar-refractivity contribution in [3.05, 3.63) is 47.3 Å². The first kappa shape index (κ1) is 15.0. The molecule has 0 saturated carbocycles. The summed E-state index contributed by atoms with van der Waals surface area (Å²) in [6.45, 7) is 1.82. The smallest absolute Gasteiger partial charge is 0.290 e. The van der Waals surface area contributed by atoms with E-state index in [0.29, 0.717) is 12.0 Å². The van der Waals surface area contributed by atoms with Gasteiger partial charge in [-0.05, 0) is 18.1 Å². The highest BCUT2D eigenvalue weighted by molar-refractivity contribution is 5.95. The van der Waals surface area contributed by atoms with E-state index in [2.05, 4.69) is 5.10 Å². The Morgan fingerprint density at radius 3 is 2.62 bits per heavy atom. The molecule has 0 aliphatic carbocycles. The number of aromatic nitrogens is 2. The predicted molar refractivity (Wildman–Crippen MR) is 69.6 cm³/mol. The molecule has 8 heteroatoms. The van der Waals surface area contributed by atoms with E-state index >= 15 is 0 Å². The lowest BCUT2D eigenvalue weighted by molar-refractivity contribution is -0.143. The van der Waals surface area contributed by atoms with Gasteiger partial charge < -0.3 is 0 Å². The van der Waals surface area contributed by atoms with Crippen LogP contribution in [0.3, 0.4) is 0 Å². The van der Waals surface area contributed by atoms with Crippen LogP contribution in [0.2, 0.25) is 0 Å². The number of hydrazine groups is 1. The fourth-order valence-corrected chi connectivity index (χ4v) is 2.06. The minimum atomic E-state index is -4.74. The minimum Gasteiger partial charge on any atom is -0.290 e. The van der Waals surface area contributed by atoms with E-state index in [4.69, 9.17) is 5.84 Å². The van der Waals surface area contributed by atoms with Gasteiger partial charge in [-0.2, -0.15) is 18.3 Å². The van der Waals surface area contributed by atoms with Crippen LogP contribution in [0.5, 0.6) is 0 Å². The van der Waals surface area contributed by atoms with Gasteiger partial charge in [0.25, 0.3) is 5.91 Å². The van der Waals surface area contributed by atoms with Gasteiger partial charge in [0.1, 0.15) is 0 Å². The Kier molecular flexibility index (Phi) is 3.99. The second kappa shape index (κ2) is 5.57. The van der Waals surface area contributed by atoms with E-state index < -0.39 is 23.3 Å². The van der Waals surface area contributed by atoms with Crippen LogP contribution >= 0.6 is 0 Å². The van der Waals surface area contributed by atoms with Crippen molar-refractivity contribution in [3.63, 3.8) is 0 Å². The number of nitrogens with zero attached hydrogens (tertiary/aromatic N) is 2. The molecule has 112 valence electrons. The molecular weight excluding hydrogens is 285 g/mol. The summed E-state index contributed by atoms with van der Waals surface area (Å²) < 4.78 is 40.6. The summed E-state index contributed by atoms with van der Waals surface area (Å²) in [7, 11) is 0. The van der Waals surface area contributed by atoms with Crippen molar-refractivity contribution in [3.8, 4) is 5.69 Å². The Bertz CT molecular complexity index is 664. The van der Waals surface area contributed by atoms with Crippen molar-refractivity contribution in [1.29, 1.82) is 0 Å². The molecule has 5 nitrogen and oxygen atoms in total. The highest BCUT2D eigenvalue weighted by Crippen LogP contribution is 2.34. The number of nitrogens with two attached hydrogens (primary N) is 1. The van der Waals surface area contributed by atoms with Crippen LogP contribution in [0.1, 0.15) is 28.5 Å². The number of nitrogens with one attached hydrogen (secondary N) is 1. The number of nitrogen functional groups attached to an aromatic ring is 1. The molecule has 0 bridgehead atoms. The summed E-state index contributed by atoms with van der Waals surface area (Å²) in [6, 6.07) is 6.57. The van der Waals surface area contributed by atoms with Crippen molar-refractivity contribution in [2.75, 3.05) is 0 Å². The predicted octanol–water partition coefficient (Wildman–Crippen LogP) is 2.06. The van der Waals surface area contributed by atoms with Crippen molar-refractivity contribution >= 4 is 5.91 Å². The largest absolute Gasteiger partial charge is 0.434 e. The Morgan fingerprint density at radius 1 is 1.38 bits per heavy atom. The molecule has 21 heavy (non-hydrogen) atoms. The van der Waals surface area contributed by atoms with E-state index in [9.17, 15) is 18.0 Å². The number of rotatable bonds is 3. The van der Waals surface area contributed by atoms with Crippen LogP contribution in [-0.2, 0) is 12.6 Å². The molecule has 0 unspecified atom stereocenters. The van der Waals surface area contributed by atoms with Crippen molar-refractivity contribution in [2.45, 2.75) is 19.5 Å². The zero-order valence-electron chi connectivity index (χ0n) is 11.1. The first-order chi connectivity index (χ1) is 9.90. The van der Waals surface area contributed by atoms with E-state index in [1.165, 1.54) is 6.07 Å². The molecule has 0 atom stereocenters. The fraction of sp³-hybridized carbons (Fsp3) is 0.231. The molecule has 2 rings (SSSR count). The number of aryl methyl sites for hydroxylation is 1. The van der Waals surface area contributed by atoms with Gasteiger partial charge in [-0.3, -0.25) is 10.2 Å². The molecule has 3 N–H and O–H groups in total. The molecule has 0 spiro atoms. The zero-order chi connectivity index (χ0) is 15.6. The maximum absolute atomic E-state index is 13.3. The number of carbonyl (C=O) groups is 1. The van der Waals surface area contributed by atoms with Crippen molar-refractivity contribution in [2.24, 2.45) is 5.84 Å². The standard InChI is InChI=1S/C13H13F3N4O/c1-2-8-5-3-4-6-10(8)20-11(13(14,15)16)9(7-18-20)12(21)19-17/h3-7H,2,17H2,1H3,(H,19,21). The Labute approximate surface area is 118 Å². The summed E-state index contributed by atoms with van der Waals surface area (Å²) in [4.78, 5) is 11.5. The zero-order valence-corrected chi connectivity index (χ0v) is 11.1. The molecule has 0 aliphatic rings. The molecule has 1 heterocycles. The van der Waals surface area contributed by atoms with Gasteiger partial charge in [0, 0.05) is 0 Å². The van der Waals surface area contributed by atoms with E-state index in [0.717, 1.165) is 10.9 Å². The minimum absolute atomic E-state index is 0.281. The number of para-hydroxylation sites is 1. The molecule has 0 saturated heterocycles. The van der Waals surface area contributed by atoms with Crippen molar-refractivity contribution in [1.82, 2.24) is 15.2 Å². The Balaban J connectivity index is 2.70. The summed E-state index contributed by atoms with van der Waals surface area (Å²) >= 11 is 0. The highest BCUT2D eigenvalue weighted by atomic mass is 19.4. The normalized spacial score (nSPS) is 11.5. The van der Waals surface area contributed by atoms with Gasteiger partial charge in [-0.1, -0.05) is 25.1 Å². The van der Waals surface area contributed by atoms with Crippen LogP contribution < -0.4 is 11.3 Å². The summed E-state index contributed by atoms with van der Waals surface area (Å²) in [5.74, 6) is 3.88. The van der Waals surface area contributed by atoms with Gasteiger partial charge in [0.05, 0.1) is 17.4 Å². The summed E-state index contributed by atoms with van der Waals surface area (Å²) in [6.07, 6.45) is -3.34. The molecule has 0 aliphatic heterocycles. The second-order valence-electron chi connectivity index (χ2n) is 4.27. The van der Waals surface area contributed by atoms with Crippen molar-refractivity contribution < 1.29 is 18.0 Å². The number of hydrogen-bond acceptors (Lipinski definition) is 3. The molecule has 0 fully saturated rings. The number of alkyl halides is 3. The average Bonchev–Trinajstić information content (AvgIpc) is 2.91. The Morgan fingerprint density at radius 2 is 2.05 bits per heavy atom. The summed E-state index contributed by atoms with van der Waals surface area (Å²) in [5.41, 5.74) is 0.900. The van der Waals surface area contributed by atoms with Crippen LogP contribution in [-0.4, -0.2) is 15.7 Å². The van der Waals surface area contributed by atoms with Crippen LogP contribution in [0.25, 0.3) is 5.69 Å². The lowest BCUT2D eigenvalue weighted by Crippen LogP contribution is -2.32. The topological polar surface area (TPSA) is 72.9 Å². The third kappa shape index (κ3) is 2.75. The molecule has 2 aromatic rings. The van der Waals surface area contributed by atoms with Gasteiger partial charge in [-0.25, -0.2) is 10.5 Å². The molecule has 0 radical (unpaired) electrons. The first-order valence-electron chi connectivity index (χ1n) is 6.14. The second-order valence-corrected chi connectivity index (χ2v) is 4.27. The molecule has 1 aromatic heterocycles. The van der Waals surface area contributed by atoms with Gasteiger partial charge >= 0.3 is 6.18 Å². The molecular formula is C13H13F3N4O. The fourth-order valence-electron chi connectivity index (χ4n) is 2.06. The third-order valence-corrected chi connectivity index (χ3v) is 3.01. The average molecular weight is 298 g/mol. The monoisotopic (exact) mass is 298 g/mol. The van der Waals surface area contributed by atoms with Gasteiger partial charge in [0.2, 0.25) is 0 Å². The van der Waals surface area contributed by atoms with Crippen LogP contribution in [0.4, 0.5) is 13.2 Å². The van der Waals surface area contributed by atoms with E-state index in [1.54, 1.807) is 23.6 Å². The first-order valence-corrected chi connectivity index (χ1v) is 6.14.